The molecular weight excluding hydrogens is 232 g/mol. The molecule has 0 atom stereocenters. The minimum Gasteiger partial charge on any atom is -0.310 e. The highest BCUT2D eigenvalue weighted by Crippen LogP contribution is 2.40. The fourth-order valence-electron chi connectivity index (χ4n) is 3.13. The van der Waals surface area contributed by atoms with Crippen LogP contribution in [0.15, 0.2) is 24.5 Å². The molecule has 0 aliphatic heterocycles. The highest BCUT2D eigenvalue weighted by atomic mass is 14.9. The van der Waals surface area contributed by atoms with Gasteiger partial charge in [-0.2, -0.15) is 0 Å². The van der Waals surface area contributed by atoms with E-state index in [9.17, 15) is 0 Å². The van der Waals surface area contributed by atoms with Crippen LogP contribution in [0.2, 0.25) is 0 Å². The predicted molar refractivity (Wildman–Crippen MR) is 80.9 cm³/mol. The van der Waals surface area contributed by atoms with Gasteiger partial charge in [-0.25, -0.2) is 0 Å². The van der Waals surface area contributed by atoms with E-state index in [1.807, 2.05) is 12.4 Å². The van der Waals surface area contributed by atoms with Crippen molar-refractivity contribution in [1.29, 1.82) is 0 Å². The molecule has 1 aliphatic carbocycles. The normalized spacial score (nSPS) is 24.4. The fraction of sp³-hybridized carbons (Fsp3) is 0.706. The summed E-state index contributed by atoms with van der Waals surface area (Å²) in [6, 6.07) is 4.90. The van der Waals surface area contributed by atoms with Gasteiger partial charge in [0.05, 0.1) is 0 Å². The van der Waals surface area contributed by atoms with E-state index in [1.54, 1.807) is 0 Å². The highest BCUT2D eigenvalue weighted by molar-refractivity contribution is 5.09. The molecule has 2 rings (SSSR count). The van der Waals surface area contributed by atoms with Crippen LogP contribution in [-0.2, 0) is 6.54 Å². The largest absolute Gasteiger partial charge is 0.310 e. The quantitative estimate of drug-likeness (QED) is 0.859. The van der Waals surface area contributed by atoms with Gasteiger partial charge in [0.2, 0.25) is 0 Å². The summed E-state index contributed by atoms with van der Waals surface area (Å²) < 4.78 is 0. The Morgan fingerprint density at radius 3 is 2.37 bits per heavy atom. The first-order valence-electron chi connectivity index (χ1n) is 7.74. The lowest BCUT2D eigenvalue weighted by molar-refractivity contribution is 0.137. The van der Waals surface area contributed by atoms with Gasteiger partial charge in [0, 0.05) is 25.0 Å². The zero-order valence-electron chi connectivity index (χ0n) is 12.7. The van der Waals surface area contributed by atoms with E-state index in [4.69, 9.17) is 0 Å². The third-order valence-corrected chi connectivity index (χ3v) is 5.09. The first kappa shape index (κ1) is 14.5. The molecule has 0 radical (unpaired) electrons. The second-order valence-electron chi connectivity index (χ2n) is 6.63. The molecule has 1 saturated carbocycles. The highest BCUT2D eigenvalue weighted by Gasteiger charge is 2.31. The maximum absolute atomic E-state index is 4.06. The van der Waals surface area contributed by atoms with Crippen LogP contribution in [0.4, 0.5) is 0 Å². The molecule has 0 spiro atoms. The molecule has 1 aliphatic rings. The van der Waals surface area contributed by atoms with Crippen molar-refractivity contribution in [3.63, 3.8) is 0 Å². The topological polar surface area (TPSA) is 24.9 Å². The van der Waals surface area contributed by atoms with Crippen LogP contribution in [-0.4, -0.2) is 11.0 Å². The number of aromatic nitrogens is 1. The van der Waals surface area contributed by atoms with Crippen LogP contribution < -0.4 is 5.32 Å². The molecule has 0 bridgehead atoms. The summed E-state index contributed by atoms with van der Waals surface area (Å²) in [6.07, 6.45) is 10.5. The lowest BCUT2D eigenvalue weighted by Gasteiger charge is -2.39. The molecule has 106 valence electrons. The van der Waals surface area contributed by atoms with Crippen LogP contribution >= 0.6 is 0 Å². The molecular formula is C17H28N2. The monoisotopic (exact) mass is 260 g/mol. The SMILES string of the molecule is CCC(C)(C)C1CCC(NCc2ccncc2)CC1. The van der Waals surface area contributed by atoms with Gasteiger partial charge in [-0.1, -0.05) is 27.2 Å². The van der Waals surface area contributed by atoms with Gasteiger partial charge in [-0.3, -0.25) is 4.98 Å². The van der Waals surface area contributed by atoms with Crippen molar-refractivity contribution in [2.24, 2.45) is 11.3 Å². The molecule has 0 aromatic carbocycles. The number of hydrogen-bond acceptors (Lipinski definition) is 2. The number of hydrogen-bond donors (Lipinski definition) is 1. The first-order valence-corrected chi connectivity index (χ1v) is 7.74. The van der Waals surface area contributed by atoms with Gasteiger partial charge >= 0.3 is 0 Å². The Morgan fingerprint density at radius 2 is 1.79 bits per heavy atom. The third-order valence-electron chi connectivity index (χ3n) is 5.09. The first-order chi connectivity index (χ1) is 9.12. The molecule has 0 unspecified atom stereocenters. The van der Waals surface area contributed by atoms with Gasteiger partial charge in [-0.15, -0.1) is 0 Å². The van der Waals surface area contributed by atoms with Gasteiger partial charge in [0.25, 0.3) is 0 Å². The molecule has 19 heavy (non-hydrogen) atoms. The molecule has 1 fully saturated rings. The van der Waals surface area contributed by atoms with Crippen molar-refractivity contribution in [2.75, 3.05) is 0 Å². The fourth-order valence-corrected chi connectivity index (χ4v) is 3.13. The van der Waals surface area contributed by atoms with E-state index in [1.165, 1.54) is 37.7 Å². The van der Waals surface area contributed by atoms with E-state index in [0.29, 0.717) is 11.5 Å². The summed E-state index contributed by atoms with van der Waals surface area (Å²) in [5.41, 5.74) is 1.86. The summed E-state index contributed by atoms with van der Waals surface area (Å²) in [5, 5.41) is 3.70. The Labute approximate surface area is 118 Å². The molecule has 1 aromatic rings. The van der Waals surface area contributed by atoms with E-state index >= 15 is 0 Å². The number of pyridine rings is 1. The smallest absolute Gasteiger partial charge is 0.0271 e. The predicted octanol–water partition coefficient (Wildman–Crippen LogP) is 4.17. The zero-order valence-corrected chi connectivity index (χ0v) is 12.7. The molecule has 2 heteroatoms. The summed E-state index contributed by atoms with van der Waals surface area (Å²) in [5.74, 6) is 0.913. The molecule has 0 amide bonds. The third kappa shape index (κ3) is 4.04. The van der Waals surface area contributed by atoms with Crippen LogP contribution in [0.5, 0.6) is 0 Å². The van der Waals surface area contributed by atoms with Crippen LogP contribution in [0.1, 0.15) is 58.4 Å². The van der Waals surface area contributed by atoms with Crippen LogP contribution in [0, 0.1) is 11.3 Å². The van der Waals surface area contributed by atoms with Crippen molar-refractivity contribution in [1.82, 2.24) is 10.3 Å². The summed E-state index contributed by atoms with van der Waals surface area (Å²) in [7, 11) is 0. The Balaban J connectivity index is 1.75. The average Bonchev–Trinajstić information content (AvgIpc) is 2.47. The van der Waals surface area contributed by atoms with Crippen LogP contribution in [0.3, 0.4) is 0 Å². The number of rotatable bonds is 5. The van der Waals surface area contributed by atoms with Crippen molar-refractivity contribution < 1.29 is 0 Å². The van der Waals surface area contributed by atoms with Crippen molar-refractivity contribution in [3.8, 4) is 0 Å². The maximum Gasteiger partial charge on any atom is 0.0271 e. The van der Waals surface area contributed by atoms with Gasteiger partial charge in [0.1, 0.15) is 0 Å². The van der Waals surface area contributed by atoms with Crippen LogP contribution in [0.25, 0.3) is 0 Å². The lowest BCUT2D eigenvalue weighted by atomic mass is 9.69. The maximum atomic E-state index is 4.06. The second kappa shape index (κ2) is 6.51. The molecule has 2 nitrogen and oxygen atoms in total. The van der Waals surface area contributed by atoms with Gasteiger partial charge in [-0.05, 0) is 54.7 Å². The Kier molecular flexibility index (Phi) is 4.98. The Morgan fingerprint density at radius 1 is 1.16 bits per heavy atom. The average molecular weight is 260 g/mol. The van der Waals surface area contributed by atoms with E-state index in [0.717, 1.165) is 12.5 Å². The summed E-state index contributed by atoms with van der Waals surface area (Å²) in [6.45, 7) is 8.17. The van der Waals surface area contributed by atoms with E-state index < -0.39 is 0 Å². The second-order valence-corrected chi connectivity index (χ2v) is 6.63. The minimum absolute atomic E-state index is 0.524. The van der Waals surface area contributed by atoms with Gasteiger partial charge < -0.3 is 5.32 Å². The van der Waals surface area contributed by atoms with E-state index in [-0.39, 0.29) is 0 Å². The summed E-state index contributed by atoms with van der Waals surface area (Å²) in [4.78, 5) is 4.06. The molecule has 1 aromatic heterocycles. The van der Waals surface area contributed by atoms with Crippen molar-refractivity contribution in [2.45, 2.75) is 65.5 Å². The standard InChI is InChI=1S/C17H28N2/c1-4-17(2,3)15-5-7-16(8-6-15)19-13-14-9-11-18-12-10-14/h9-12,15-16,19H,4-8,13H2,1-3H3. The number of nitrogens with zero attached hydrogens (tertiary/aromatic N) is 1. The van der Waals surface area contributed by atoms with Crippen molar-refractivity contribution in [3.05, 3.63) is 30.1 Å². The Bertz CT molecular complexity index is 364. The van der Waals surface area contributed by atoms with Gasteiger partial charge in [0.15, 0.2) is 0 Å². The molecule has 1 heterocycles. The lowest BCUT2D eigenvalue weighted by Crippen LogP contribution is -2.36. The van der Waals surface area contributed by atoms with Crippen molar-refractivity contribution >= 4 is 0 Å². The molecule has 0 saturated heterocycles. The molecule has 1 N–H and O–H groups in total. The zero-order chi connectivity index (χ0) is 13.7. The Hall–Kier alpha value is -0.890. The minimum atomic E-state index is 0.524. The summed E-state index contributed by atoms with van der Waals surface area (Å²) >= 11 is 0. The van der Waals surface area contributed by atoms with E-state index in [2.05, 4.69) is 43.2 Å². The number of nitrogens with one attached hydrogen (secondary N) is 1.